The van der Waals surface area contributed by atoms with Gasteiger partial charge in [-0.05, 0) is 36.8 Å². The Morgan fingerprint density at radius 1 is 1.32 bits per heavy atom. The van der Waals surface area contributed by atoms with E-state index in [1.54, 1.807) is 7.11 Å². The number of benzene rings is 1. The standard InChI is InChI=1S/C16H22O3/c1-15(2)6-7-16(10-15)9-13(17)12-5-4-11(18-3)8-14(12)19-16/h4-5,8,13,17H,6-7,9-10H2,1-3H3. The molecule has 0 aromatic heterocycles. The highest BCUT2D eigenvalue weighted by Crippen LogP contribution is 2.53. The van der Waals surface area contributed by atoms with E-state index in [4.69, 9.17) is 9.47 Å². The van der Waals surface area contributed by atoms with E-state index < -0.39 is 6.10 Å². The molecule has 1 aliphatic carbocycles. The molecule has 1 saturated carbocycles. The highest BCUT2D eigenvalue weighted by atomic mass is 16.5. The molecular formula is C16H22O3. The highest BCUT2D eigenvalue weighted by Gasteiger charge is 2.49. The number of fused-ring (bicyclic) bond motifs is 1. The molecule has 3 nitrogen and oxygen atoms in total. The van der Waals surface area contributed by atoms with Gasteiger partial charge in [-0.15, -0.1) is 0 Å². The van der Waals surface area contributed by atoms with Gasteiger partial charge in [-0.25, -0.2) is 0 Å². The van der Waals surface area contributed by atoms with E-state index in [0.29, 0.717) is 11.8 Å². The average molecular weight is 262 g/mol. The SMILES string of the molecule is COc1ccc2c(c1)OC1(CCC(C)(C)C1)CC2O. The van der Waals surface area contributed by atoms with Crippen LogP contribution in [0.2, 0.25) is 0 Å². The van der Waals surface area contributed by atoms with Gasteiger partial charge in [-0.1, -0.05) is 13.8 Å². The van der Waals surface area contributed by atoms with Crippen LogP contribution in [0.5, 0.6) is 11.5 Å². The summed E-state index contributed by atoms with van der Waals surface area (Å²) < 4.78 is 11.5. The van der Waals surface area contributed by atoms with Crippen molar-refractivity contribution >= 4 is 0 Å². The molecule has 2 aliphatic rings. The van der Waals surface area contributed by atoms with Gasteiger partial charge >= 0.3 is 0 Å². The van der Waals surface area contributed by atoms with E-state index in [-0.39, 0.29) is 5.60 Å². The fraction of sp³-hybridized carbons (Fsp3) is 0.625. The fourth-order valence-electron chi connectivity index (χ4n) is 3.62. The smallest absolute Gasteiger partial charge is 0.129 e. The molecule has 3 heteroatoms. The number of ether oxygens (including phenoxy) is 2. The first-order chi connectivity index (χ1) is 8.93. The first-order valence-corrected chi connectivity index (χ1v) is 6.98. The number of aliphatic hydroxyl groups excluding tert-OH is 1. The minimum absolute atomic E-state index is 0.192. The second-order valence-electron chi connectivity index (χ2n) is 6.75. The van der Waals surface area contributed by atoms with Gasteiger partial charge in [0.05, 0.1) is 13.2 Å². The second kappa shape index (κ2) is 4.14. The molecule has 3 rings (SSSR count). The number of methoxy groups -OCH3 is 1. The highest BCUT2D eigenvalue weighted by molar-refractivity contribution is 5.44. The topological polar surface area (TPSA) is 38.7 Å². The Labute approximate surface area is 114 Å². The van der Waals surface area contributed by atoms with Crippen LogP contribution in [0.4, 0.5) is 0 Å². The Morgan fingerprint density at radius 2 is 2.11 bits per heavy atom. The van der Waals surface area contributed by atoms with Gasteiger partial charge in [-0.2, -0.15) is 0 Å². The summed E-state index contributed by atoms with van der Waals surface area (Å²) in [4.78, 5) is 0. The van der Waals surface area contributed by atoms with Gasteiger partial charge in [0.1, 0.15) is 17.1 Å². The van der Waals surface area contributed by atoms with Crippen LogP contribution in [0.3, 0.4) is 0 Å². The molecule has 0 amide bonds. The summed E-state index contributed by atoms with van der Waals surface area (Å²) in [7, 11) is 1.65. The minimum atomic E-state index is -0.427. The van der Waals surface area contributed by atoms with Crippen LogP contribution in [0.25, 0.3) is 0 Å². The molecule has 1 N–H and O–H groups in total. The molecule has 1 aliphatic heterocycles. The maximum absolute atomic E-state index is 10.4. The first kappa shape index (κ1) is 12.8. The third kappa shape index (κ3) is 2.20. The number of aliphatic hydroxyl groups is 1. The van der Waals surface area contributed by atoms with Crippen molar-refractivity contribution in [3.8, 4) is 11.5 Å². The van der Waals surface area contributed by atoms with Crippen molar-refractivity contribution in [1.29, 1.82) is 0 Å². The summed E-state index contributed by atoms with van der Waals surface area (Å²) in [5.74, 6) is 1.57. The van der Waals surface area contributed by atoms with Crippen molar-refractivity contribution < 1.29 is 14.6 Å². The predicted molar refractivity (Wildman–Crippen MR) is 73.6 cm³/mol. The van der Waals surface area contributed by atoms with Crippen molar-refractivity contribution in [3.63, 3.8) is 0 Å². The second-order valence-corrected chi connectivity index (χ2v) is 6.75. The predicted octanol–water partition coefficient (Wildman–Crippen LogP) is 3.46. The molecule has 1 fully saturated rings. The summed E-state index contributed by atoms with van der Waals surface area (Å²) in [5, 5.41) is 10.4. The Balaban J connectivity index is 1.95. The van der Waals surface area contributed by atoms with E-state index in [1.165, 1.54) is 0 Å². The van der Waals surface area contributed by atoms with Crippen LogP contribution in [-0.4, -0.2) is 17.8 Å². The van der Waals surface area contributed by atoms with Crippen LogP contribution in [0.1, 0.15) is 51.2 Å². The summed E-state index contributed by atoms with van der Waals surface area (Å²) in [5.41, 5.74) is 0.995. The lowest BCUT2D eigenvalue weighted by Crippen LogP contribution is -2.39. The molecule has 1 aromatic carbocycles. The normalized spacial score (nSPS) is 31.9. The Kier molecular flexibility index (Phi) is 2.79. The van der Waals surface area contributed by atoms with Gasteiger partial charge in [0.25, 0.3) is 0 Å². The van der Waals surface area contributed by atoms with Crippen molar-refractivity contribution in [1.82, 2.24) is 0 Å². The summed E-state index contributed by atoms with van der Waals surface area (Å²) >= 11 is 0. The molecule has 1 heterocycles. The maximum Gasteiger partial charge on any atom is 0.129 e. The molecule has 0 saturated heterocycles. The van der Waals surface area contributed by atoms with Crippen molar-refractivity contribution in [2.24, 2.45) is 5.41 Å². The summed E-state index contributed by atoms with van der Waals surface area (Å²) in [6, 6.07) is 5.68. The lowest BCUT2D eigenvalue weighted by atomic mass is 9.83. The Morgan fingerprint density at radius 3 is 2.74 bits per heavy atom. The molecule has 2 atom stereocenters. The van der Waals surface area contributed by atoms with Crippen LogP contribution in [-0.2, 0) is 0 Å². The van der Waals surface area contributed by atoms with Crippen LogP contribution in [0.15, 0.2) is 18.2 Å². The molecule has 0 bridgehead atoms. The summed E-state index contributed by atoms with van der Waals surface area (Å²) in [6.07, 6.45) is 3.46. The average Bonchev–Trinajstić information content (AvgIpc) is 2.63. The molecule has 19 heavy (non-hydrogen) atoms. The van der Waals surface area contributed by atoms with Crippen LogP contribution < -0.4 is 9.47 Å². The number of hydrogen-bond acceptors (Lipinski definition) is 3. The zero-order chi connectivity index (χ0) is 13.7. The quantitative estimate of drug-likeness (QED) is 0.842. The van der Waals surface area contributed by atoms with E-state index in [0.717, 1.165) is 36.3 Å². The summed E-state index contributed by atoms with van der Waals surface area (Å²) in [6.45, 7) is 4.55. The zero-order valence-electron chi connectivity index (χ0n) is 11.9. The molecule has 104 valence electrons. The molecule has 2 unspecified atom stereocenters. The van der Waals surface area contributed by atoms with Gasteiger partial charge in [-0.3, -0.25) is 0 Å². The number of hydrogen-bond donors (Lipinski definition) is 1. The molecule has 0 radical (unpaired) electrons. The van der Waals surface area contributed by atoms with Crippen LogP contribution in [0, 0.1) is 5.41 Å². The maximum atomic E-state index is 10.4. The lowest BCUT2D eigenvalue weighted by Gasteiger charge is -2.39. The van der Waals surface area contributed by atoms with Gasteiger partial charge in [0, 0.05) is 18.1 Å². The fourth-order valence-corrected chi connectivity index (χ4v) is 3.62. The minimum Gasteiger partial charge on any atom is -0.497 e. The van der Waals surface area contributed by atoms with E-state index >= 15 is 0 Å². The van der Waals surface area contributed by atoms with E-state index in [1.807, 2.05) is 18.2 Å². The first-order valence-electron chi connectivity index (χ1n) is 6.98. The monoisotopic (exact) mass is 262 g/mol. The van der Waals surface area contributed by atoms with E-state index in [2.05, 4.69) is 13.8 Å². The van der Waals surface area contributed by atoms with Gasteiger partial charge in [0.15, 0.2) is 0 Å². The lowest BCUT2D eigenvalue weighted by molar-refractivity contribution is -0.0156. The number of rotatable bonds is 1. The van der Waals surface area contributed by atoms with Crippen LogP contribution >= 0.6 is 0 Å². The van der Waals surface area contributed by atoms with Crippen molar-refractivity contribution in [2.45, 2.75) is 51.2 Å². The molecule has 1 aromatic rings. The van der Waals surface area contributed by atoms with E-state index in [9.17, 15) is 5.11 Å². The molecule has 1 spiro atoms. The van der Waals surface area contributed by atoms with Gasteiger partial charge in [0.2, 0.25) is 0 Å². The Hall–Kier alpha value is -1.22. The Bertz CT molecular complexity index is 495. The van der Waals surface area contributed by atoms with Crippen molar-refractivity contribution in [3.05, 3.63) is 23.8 Å². The third-order valence-corrected chi connectivity index (χ3v) is 4.53. The van der Waals surface area contributed by atoms with Gasteiger partial charge < -0.3 is 14.6 Å². The largest absolute Gasteiger partial charge is 0.497 e. The third-order valence-electron chi connectivity index (χ3n) is 4.53. The zero-order valence-corrected chi connectivity index (χ0v) is 11.9. The molecular weight excluding hydrogens is 240 g/mol. The van der Waals surface area contributed by atoms with Crippen molar-refractivity contribution in [2.75, 3.05) is 7.11 Å².